The molecule has 0 aromatic rings. The van der Waals surface area contributed by atoms with Crippen LogP contribution >= 0.6 is 0 Å². The van der Waals surface area contributed by atoms with E-state index in [0.717, 1.165) is 6.42 Å². The van der Waals surface area contributed by atoms with Gasteiger partial charge in [0, 0.05) is 0 Å². The Labute approximate surface area is 116 Å². The number of ether oxygens (including phenoxy) is 2. The van der Waals surface area contributed by atoms with Gasteiger partial charge in [0.15, 0.2) is 5.92 Å². The van der Waals surface area contributed by atoms with Crippen molar-refractivity contribution >= 4 is 11.9 Å². The highest BCUT2D eigenvalue weighted by Crippen LogP contribution is 2.27. The molecule has 0 saturated heterocycles. The van der Waals surface area contributed by atoms with Gasteiger partial charge in [0.2, 0.25) is 0 Å². The summed E-state index contributed by atoms with van der Waals surface area (Å²) in [5.74, 6) is -1.56. The molecule has 0 rings (SSSR count). The second-order valence-corrected chi connectivity index (χ2v) is 4.90. The summed E-state index contributed by atoms with van der Waals surface area (Å²) in [6.45, 7) is 11.8. The van der Waals surface area contributed by atoms with Crippen LogP contribution in [0, 0.1) is 17.8 Å². The fourth-order valence-electron chi connectivity index (χ4n) is 2.13. The van der Waals surface area contributed by atoms with E-state index >= 15 is 0 Å². The van der Waals surface area contributed by atoms with Gasteiger partial charge in [-0.25, -0.2) is 0 Å². The van der Waals surface area contributed by atoms with Gasteiger partial charge in [0.25, 0.3) is 0 Å². The minimum Gasteiger partial charge on any atom is -0.465 e. The number of hydrogen-bond donors (Lipinski definition) is 0. The molecule has 1 unspecified atom stereocenters. The fraction of sp³-hybridized carbons (Fsp3) is 0.733. The van der Waals surface area contributed by atoms with Crippen LogP contribution in [0.15, 0.2) is 12.7 Å². The molecule has 4 heteroatoms. The minimum absolute atomic E-state index is 0.115. The number of hydrogen-bond acceptors (Lipinski definition) is 4. The topological polar surface area (TPSA) is 52.6 Å². The van der Waals surface area contributed by atoms with Crippen molar-refractivity contribution in [1.29, 1.82) is 0 Å². The molecule has 4 nitrogen and oxygen atoms in total. The summed E-state index contributed by atoms with van der Waals surface area (Å²) >= 11 is 0. The number of carbonyl (C=O) groups is 2. The lowest BCUT2D eigenvalue weighted by Crippen LogP contribution is -2.35. The molecule has 0 fully saturated rings. The summed E-state index contributed by atoms with van der Waals surface area (Å²) in [5.41, 5.74) is 0. The smallest absolute Gasteiger partial charge is 0.320 e. The zero-order valence-corrected chi connectivity index (χ0v) is 12.5. The maximum Gasteiger partial charge on any atom is 0.320 e. The van der Waals surface area contributed by atoms with E-state index in [-0.39, 0.29) is 19.1 Å². The van der Waals surface area contributed by atoms with E-state index in [2.05, 4.69) is 20.4 Å². The Morgan fingerprint density at radius 3 is 1.89 bits per heavy atom. The van der Waals surface area contributed by atoms with Gasteiger partial charge in [-0.1, -0.05) is 19.9 Å². The van der Waals surface area contributed by atoms with E-state index in [0.29, 0.717) is 12.3 Å². The van der Waals surface area contributed by atoms with Crippen LogP contribution in [-0.2, 0) is 19.1 Å². The third kappa shape index (κ3) is 6.41. The molecule has 110 valence electrons. The molecule has 0 spiro atoms. The molecule has 0 N–H and O–H groups in total. The Bertz CT molecular complexity index is 279. The van der Waals surface area contributed by atoms with Crippen molar-refractivity contribution in [3.05, 3.63) is 12.7 Å². The first kappa shape index (κ1) is 17.7. The number of rotatable bonds is 9. The first-order chi connectivity index (χ1) is 8.97. The molecule has 0 radical (unpaired) electrons. The van der Waals surface area contributed by atoms with Crippen molar-refractivity contribution in [1.82, 2.24) is 0 Å². The third-order valence-electron chi connectivity index (χ3n) is 2.80. The molecule has 0 aliphatic heterocycles. The van der Waals surface area contributed by atoms with Gasteiger partial charge in [0.05, 0.1) is 13.2 Å². The van der Waals surface area contributed by atoms with Crippen LogP contribution in [0.4, 0.5) is 0 Å². The van der Waals surface area contributed by atoms with Gasteiger partial charge in [-0.15, -0.1) is 6.58 Å². The van der Waals surface area contributed by atoms with Gasteiger partial charge in [-0.3, -0.25) is 9.59 Å². The van der Waals surface area contributed by atoms with E-state index in [4.69, 9.17) is 9.47 Å². The molecule has 0 aromatic carbocycles. The van der Waals surface area contributed by atoms with Crippen LogP contribution in [0.3, 0.4) is 0 Å². The number of carbonyl (C=O) groups excluding carboxylic acids is 2. The van der Waals surface area contributed by atoms with Crippen molar-refractivity contribution in [3.63, 3.8) is 0 Å². The quantitative estimate of drug-likeness (QED) is 0.367. The Morgan fingerprint density at radius 2 is 1.58 bits per heavy atom. The predicted molar refractivity (Wildman–Crippen MR) is 74.5 cm³/mol. The van der Waals surface area contributed by atoms with Crippen LogP contribution in [-0.4, -0.2) is 25.2 Å². The lowest BCUT2D eigenvalue weighted by Gasteiger charge is -2.24. The Balaban J connectivity index is 5.07. The van der Waals surface area contributed by atoms with Gasteiger partial charge >= 0.3 is 11.9 Å². The van der Waals surface area contributed by atoms with Crippen molar-refractivity contribution in [3.8, 4) is 0 Å². The summed E-state index contributed by atoms with van der Waals surface area (Å²) in [6.07, 6.45) is 3.09. The van der Waals surface area contributed by atoms with Crippen molar-refractivity contribution < 1.29 is 19.1 Å². The first-order valence-electron chi connectivity index (χ1n) is 6.91. The largest absolute Gasteiger partial charge is 0.465 e. The van der Waals surface area contributed by atoms with Crippen molar-refractivity contribution in [2.24, 2.45) is 17.8 Å². The molecule has 0 saturated carbocycles. The highest BCUT2D eigenvalue weighted by atomic mass is 16.6. The summed E-state index contributed by atoms with van der Waals surface area (Å²) in [4.78, 5) is 24.0. The van der Waals surface area contributed by atoms with E-state index in [1.807, 2.05) is 0 Å². The Morgan fingerprint density at radius 1 is 1.11 bits per heavy atom. The molecule has 0 aliphatic rings. The first-order valence-corrected chi connectivity index (χ1v) is 6.91. The van der Waals surface area contributed by atoms with Gasteiger partial charge in [-0.2, -0.15) is 0 Å². The molecule has 0 aliphatic carbocycles. The van der Waals surface area contributed by atoms with Crippen LogP contribution in [0.25, 0.3) is 0 Å². The molecule has 19 heavy (non-hydrogen) atoms. The third-order valence-corrected chi connectivity index (χ3v) is 2.80. The lowest BCUT2D eigenvalue weighted by atomic mass is 9.83. The molecule has 0 aromatic heterocycles. The van der Waals surface area contributed by atoms with Crippen LogP contribution in [0.1, 0.15) is 40.5 Å². The number of allylic oxidation sites excluding steroid dienone is 1. The second kappa shape index (κ2) is 9.59. The highest BCUT2D eigenvalue weighted by molar-refractivity contribution is 5.95. The molecule has 0 bridgehead atoms. The second-order valence-electron chi connectivity index (χ2n) is 4.90. The Kier molecular flexibility index (Phi) is 8.92. The summed E-state index contributed by atoms with van der Waals surface area (Å²) in [5, 5.41) is 0. The maximum atomic E-state index is 12.0. The maximum absolute atomic E-state index is 12.0. The number of esters is 2. The van der Waals surface area contributed by atoms with E-state index < -0.39 is 17.9 Å². The van der Waals surface area contributed by atoms with E-state index in [1.54, 1.807) is 19.9 Å². The zero-order chi connectivity index (χ0) is 14.8. The standard InChI is InChI=1S/C15H26O4/c1-6-9-12(10-11(4)5)13(14(16)18-7-2)15(17)19-8-3/h6,11-13H,1,7-10H2,2-5H3. The van der Waals surface area contributed by atoms with Crippen LogP contribution < -0.4 is 0 Å². The SMILES string of the molecule is C=CCC(CC(C)C)C(C(=O)OCC)C(=O)OCC. The summed E-state index contributed by atoms with van der Waals surface area (Å²) < 4.78 is 10.0. The average Bonchev–Trinajstić information content (AvgIpc) is 2.29. The minimum atomic E-state index is -0.847. The average molecular weight is 270 g/mol. The van der Waals surface area contributed by atoms with E-state index in [9.17, 15) is 9.59 Å². The van der Waals surface area contributed by atoms with Gasteiger partial charge in [0.1, 0.15) is 0 Å². The normalized spacial score (nSPS) is 12.3. The van der Waals surface area contributed by atoms with E-state index in [1.165, 1.54) is 0 Å². The van der Waals surface area contributed by atoms with Gasteiger partial charge < -0.3 is 9.47 Å². The molecular formula is C15H26O4. The Hall–Kier alpha value is -1.32. The zero-order valence-electron chi connectivity index (χ0n) is 12.5. The lowest BCUT2D eigenvalue weighted by molar-refractivity contribution is -0.164. The monoisotopic (exact) mass is 270 g/mol. The highest BCUT2D eigenvalue weighted by Gasteiger charge is 2.36. The van der Waals surface area contributed by atoms with Crippen molar-refractivity contribution in [2.75, 3.05) is 13.2 Å². The molecule has 0 amide bonds. The van der Waals surface area contributed by atoms with Crippen molar-refractivity contribution in [2.45, 2.75) is 40.5 Å². The molecular weight excluding hydrogens is 244 g/mol. The summed E-state index contributed by atoms with van der Waals surface area (Å²) in [6, 6.07) is 0. The fourth-order valence-corrected chi connectivity index (χ4v) is 2.13. The molecule has 0 heterocycles. The van der Waals surface area contributed by atoms with Crippen LogP contribution in [0.2, 0.25) is 0 Å². The van der Waals surface area contributed by atoms with Crippen LogP contribution in [0.5, 0.6) is 0 Å². The predicted octanol–water partition coefficient (Wildman–Crippen LogP) is 2.97. The molecule has 1 atom stereocenters. The van der Waals surface area contributed by atoms with Gasteiger partial charge in [-0.05, 0) is 38.5 Å². The summed E-state index contributed by atoms with van der Waals surface area (Å²) in [7, 11) is 0.